The molecule has 108 valence electrons. The molecule has 4 heteroatoms. The van der Waals surface area contributed by atoms with Crippen molar-refractivity contribution in [1.82, 2.24) is 15.6 Å². The minimum Gasteiger partial charge on any atom is -0.358 e. The van der Waals surface area contributed by atoms with Crippen molar-refractivity contribution in [3.05, 3.63) is 35.0 Å². The Kier molecular flexibility index (Phi) is 4.79. The number of benzene rings is 1. The van der Waals surface area contributed by atoms with Crippen LogP contribution in [0.4, 0.5) is 0 Å². The van der Waals surface area contributed by atoms with E-state index in [-0.39, 0.29) is 5.91 Å². The van der Waals surface area contributed by atoms with Gasteiger partial charge in [-0.3, -0.25) is 4.79 Å². The summed E-state index contributed by atoms with van der Waals surface area (Å²) in [5.74, 6) is 0.00153. The van der Waals surface area contributed by atoms with Gasteiger partial charge in [0.1, 0.15) is 0 Å². The van der Waals surface area contributed by atoms with Crippen LogP contribution in [0.25, 0.3) is 10.9 Å². The molecule has 1 aromatic carbocycles. The van der Waals surface area contributed by atoms with E-state index in [1.807, 2.05) is 18.2 Å². The van der Waals surface area contributed by atoms with Crippen molar-refractivity contribution in [3.8, 4) is 0 Å². The second-order valence-electron chi connectivity index (χ2n) is 5.10. The van der Waals surface area contributed by atoms with E-state index in [1.165, 1.54) is 5.56 Å². The molecule has 0 fully saturated rings. The molecule has 0 unspecified atom stereocenters. The first-order chi connectivity index (χ1) is 9.63. The van der Waals surface area contributed by atoms with Gasteiger partial charge in [0.05, 0.1) is 0 Å². The highest BCUT2D eigenvalue weighted by Crippen LogP contribution is 2.22. The fourth-order valence-corrected chi connectivity index (χ4v) is 2.30. The molecule has 20 heavy (non-hydrogen) atoms. The van der Waals surface area contributed by atoms with Gasteiger partial charge in [-0.1, -0.05) is 6.92 Å². The third-order valence-corrected chi connectivity index (χ3v) is 3.64. The SMILES string of the molecule is CCNCCCNC(=O)c1ccc2[nH]c(C)c(C)c2c1. The molecule has 0 aliphatic carbocycles. The van der Waals surface area contributed by atoms with Crippen LogP contribution >= 0.6 is 0 Å². The highest BCUT2D eigenvalue weighted by Gasteiger charge is 2.09. The van der Waals surface area contributed by atoms with E-state index >= 15 is 0 Å². The molecule has 0 aliphatic rings. The predicted octanol–water partition coefficient (Wildman–Crippen LogP) is 2.51. The fourth-order valence-electron chi connectivity index (χ4n) is 2.30. The van der Waals surface area contributed by atoms with Gasteiger partial charge in [0, 0.05) is 28.7 Å². The Bertz CT molecular complexity index is 601. The summed E-state index contributed by atoms with van der Waals surface area (Å²) < 4.78 is 0. The molecular weight excluding hydrogens is 250 g/mol. The first-order valence-electron chi connectivity index (χ1n) is 7.21. The van der Waals surface area contributed by atoms with Crippen molar-refractivity contribution in [3.63, 3.8) is 0 Å². The van der Waals surface area contributed by atoms with Gasteiger partial charge in [0.15, 0.2) is 0 Å². The molecule has 0 bridgehead atoms. The molecule has 0 spiro atoms. The Morgan fingerprint density at radius 3 is 2.80 bits per heavy atom. The molecular formula is C16H23N3O. The molecule has 1 amide bonds. The molecule has 0 saturated carbocycles. The molecule has 1 heterocycles. The molecule has 2 rings (SSSR count). The Labute approximate surface area is 120 Å². The van der Waals surface area contributed by atoms with Gasteiger partial charge in [-0.25, -0.2) is 0 Å². The van der Waals surface area contributed by atoms with E-state index < -0.39 is 0 Å². The van der Waals surface area contributed by atoms with Crippen LogP contribution in [0.2, 0.25) is 0 Å². The number of H-pyrrole nitrogens is 1. The quantitative estimate of drug-likeness (QED) is 0.708. The van der Waals surface area contributed by atoms with E-state index in [1.54, 1.807) is 0 Å². The van der Waals surface area contributed by atoms with Crippen molar-refractivity contribution >= 4 is 16.8 Å². The standard InChI is InChI=1S/C16H23N3O/c1-4-17-8-5-9-18-16(20)13-6-7-15-14(10-13)11(2)12(3)19-15/h6-7,10,17,19H,4-5,8-9H2,1-3H3,(H,18,20). The molecule has 0 radical (unpaired) electrons. The molecule has 0 aliphatic heterocycles. The summed E-state index contributed by atoms with van der Waals surface area (Å²) in [6.45, 7) is 8.81. The molecule has 0 saturated heterocycles. The first kappa shape index (κ1) is 14.6. The summed E-state index contributed by atoms with van der Waals surface area (Å²) in [7, 11) is 0. The first-order valence-corrected chi connectivity index (χ1v) is 7.21. The number of rotatable bonds is 6. The van der Waals surface area contributed by atoms with E-state index in [4.69, 9.17) is 0 Å². The van der Waals surface area contributed by atoms with Crippen molar-refractivity contribution < 1.29 is 4.79 Å². The van der Waals surface area contributed by atoms with Crippen molar-refractivity contribution in [2.45, 2.75) is 27.2 Å². The van der Waals surface area contributed by atoms with Crippen LogP contribution in [0, 0.1) is 13.8 Å². The van der Waals surface area contributed by atoms with Gasteiger partial charge in [-0.05, 0) is 57.1 Å². The van der Waals surface area contributed by atoms with Crippen molar-refractivity contribution in [2.75, 3.05) is 19.6 Å². The topological polar surface area (TPSA) is 56.9 Å². The molecule has 3 N–H and O–H groups in total. The third-order valence-electron chi connectivity index (χ3n) is 3.64. The zero-order chi connectivity index (χ0) is 14.5. The van der Waals surface area contributed by atoms with Gasteiger partial charge in [0.2, 0.25) is 0 Å². The highest BCUT2D eigenvalue weighted by atomic mass is 16.1. The average Bonchev–Trinajstić information content (AvgIpc) is 2.73. The summed E-state index contributed by atoms with van der Waals surface area (Å²) in [5, 5.41) is 7.33. The fraction of sp³-hybridized carbons (Fsp3) is 0.438. The number of hydrogen-bond donors (Lipinski definition) is 3. The van der Waals surface area contributed by atoms with Crippen molar-refractivity contribution in [1.29, 1.82) is 0 Å². The van der Waals surface area contributed by atoms with Crippen LogP contribution in [0.5, 0.6) is 0 Å². The monoisotopic (exact) mass is 273 g/mol. The van der Waals surface area contributed by atoms with Gasteiger partial charge < -0.3 is 15.6 Å². The average molecular weight is 273 g/mol. The lowest BCUT2D eigenvalue weighted by Crippen LogP contribution is -2.27. The van der Waals surface area contributed by atoms with Crippen molar-refractivity contribution in [2.24, 2.45) is 0 Å². The minimum atomic E-state index is 0.00153. The lowest BCUT2D eigenvalue weighted by molar-refractivity contribution is 0.0953. The van der Waals surface area contributed by atoms with Crippen LogP contribution in [-0.2, 0) is 0 Å². The molecule has 1 aromatic heterocycles. The van der Waals surface area contributed by atoms with Crippen LogP contribution in [0.3, 0.4) is 0 Å². The number of hydrogen-bond acceptors (Lipinski definition) is 2. The maximum atomic E-state index is 12.1. The summed E-state index contributed by atoms with van der Waals surface area (Å²) in [5.41, 5.74) is 4.18. The highest BCUT2D eigenvalue weighted by molar-refractivity contribution is 5.99. The summed E-state index contributed by atoms with van der Waals surface area (Å²) in [6.07, 6.45) is 0.949. The maximum Gasteiger partial charge on any atom is 0.251 e. The number of nitrogens with one attached hydrogen (secondary N) is 3. The molecule has 2 aromatic rings. The second kappa shape index (κ2) is 6.57. The molecule has 0 atom stereocenters. The largest absolute Gasteiger partial charge is 0.358 e. The number of aromatic amines is 1. The minimum absolute atomic E-state index is 0.00153. The predicted molar refractivity (Wildman–Crippen MR) is 83.3 cm³/mol. The number of carbonyl (C=O) groups excluding carboxylic acids is 1. The number of aromatic nitrogens is 1. The van der Waals surface area contributed by atoms with Crippen LogP contribution in [0.1, 0.15) is 35.0 Å². The molecule has 4 nitrogen and oxygen atoms in total. The number of carbonyl (C=O) groups is 1. The van der Waals surface area contributed by atoms with Crippen LogP contribution in [-0.4, -0.2) is 30.5 Å². The Morgan fingerprint density at radius 2 is 2.05 bits per heavy atom. The van der Waals surface area contributed by atoms with Gasteiger partial charge in [-0.15, -0.1) is 0 Å². The number of fused-ring (bicyclic) bond motifs is 1. The lowest BCUT2D eigenvalue weighted by atomic mass is 10.1. The zero-order valence-electron chi connectivity index (χ0n) is 12.5. The van der Waals surface area contributed by atoms with Gasteiger partial charge in [-0.2, -0.15) is 0 Å². The zero-order valence-corrected chi connectivity index (χ0v) is 12.5. The van der Waals surface area contributed by atoms with E-state index in [9.17, 15) is 4.79 Å². The number of amides is 1. The Hall–Kier alpha value is -1.81. The normalized spacial score (nSPS) is 10.9. The van der Waals surface area contributed by atoms with Crippen LogP contribution in [0.15, 0.2) is 18.2 Å². The van der Waals surface area contributed by atoms with Gasteiger partial charge >= 0.3 is 0 Å². The second-order valence-corrected chi connectivity index (χ2v) is 5.10. The lowest BCUT2D eigenvalue weighted by Gasteiger charge is -2.06. The van der Waals surface area contributed by atoms with E-state index in [0.717, 1.165) is 41.7 Å². The van der Waals surface area contributed by atoms with Crippen LogP contribution < -0.4 is 10.6 Å². The maximum absolute atomic E-state index is 12.1. The third kappa shape index (κ3) is 3.20. The van der Waals surface area contributed by atoms with E-state index in [0.29, 0.717) is 6.54 Å². The van der Waals surface area contributed by atoms with E-state index in [2.05, 4.69) is 36.4 Å². The van der Waals surface area contributed by atoms with Gasteiger partial charge in [0.25, 0.3) is 5.91 Å². The summed E-state index contributed by atoms with van der Waals surface area (Å²) in [6, 6.07) is 5.81. The Balaban J connectivity index is 2.01. The summed E-state index contributed by atoms with van der Waals surface area (Å²) >= 11 is 0. The Morgan fingerprint density at radius 1 is 1.25 bits per heavy atom. The summed E-state index contributed by atoms with van der Waals surface area (Å²) in [4.78, 5) is 15.4. The smallest absolute Gasteiger partial charge is 0.251 e. The number of aryl methyl sites for hydroxylation is 2.